The number of rotatable bonds is 4. The third-order valence-corrected chi connectivity index (χ3v) is 6.15. The highest BCUT2D eigenvalue weighted by atomic mass is 16.3. The predicted molar refractivity (Wildman–Crippen MR) is 89.0 cm³/mol. The van der Waals surface area contributed by atoms with Crippen LogP contribution >= 0.6 is 0 Å². The minimum atomic E-state index is -0.108. The predicted octanol–water partition coefficient (Wildman–Crippen LogP) is 1.98. The Morgan fingerprint density at radius 1 is 1.26 bits per heavy atom. The van der Waals surface area contributed by atoms with Crippen molar-refractivity contribution < 1.29 is 9.90 Å². The van der Waals surface area contributed by atoms with Crippen molar-refractivity contribution in [3.63, 3.8) is 0 Å². The van der Waals surface area contributed by atoms with Crippen LogP contribution in [0.2, 0.25) is 0 Å². The number of amides is 1. The van der Waals surface area contributed by atoms with Crippen molar-refractivity contribution in [2.45, 2.75) is 64.5 Å². The molecular formula is C18H29N3O2. The SMILES string of the molecule is Cc1nn(C)c(C)c1CCC(=O)N(C)C1C[C@H]2CC(O)C[C@H]2C1. The number of aliphatic hydroxyl groups excluding tert-OH is 1. The van der Waals surface area contributed by atoms with Crippen LogP contribution in [0.1, 0.15) is 49.1 Å². The summed E-state index contributed by atoms with van der Waals surface area (Å²) in [7, 11) is 3.90. The summed E-state index contributed by atoms with van der Waals surface area (Å²) in [6.07, 6.45) is 5.20. The van der Waals surface area contributed by atoms with Crippen LogP contribution in [0.15, 0.2) is 0 Å². The van der Waals surface area contributed by atoms with Crippen molar-refractivity contribution in [2.75, 3.05) is 7.05 Å². The molecule has 23 heavy (non-hydrogen) atoms. The first-order valence-corrected chi connectivity index (χ1v) is 8.79. The molecule has 0 aromatic carbocycles. The molecule has 5 nitrogen and oxygen atoms in total. The van der Waals surface area contributed by atoms with E-state index < -0.39 is 0 Å². The second-order valence-electron chi connectivity index (χ2n) is 7.55. The van der Waals surface area contributed by atoms with Gasteiger partial charge >= 0.3 is 0 Å². The number of nitrogens with zero attached hydrogens (tertiary/aromatic N) is 3. The van der Waals surface area contributed by atoms with Gasteiger partial charge in [-0.05, 0) is 63.4 Å². The molecule has 3 rings (SSSR count). The fraction of sp³-hybridized carbons (Fsp3) is 0.778. The minimum Gasteiger partial charge on any atom is -0.393 e. The zero-order valence-corrected chi connectivity index (χ0v) is 14.7. The van der Waals surface area contributed by atoms with E-state index in [0.29, 0.717) is 24.3 Å². The number of carbonyl (C=O) groups excluding carboxylic acids is 1. The highest BCUT2D eigenvalue weighted by Gasteiger charge is 2.42. The molecule has 2 saturated carbocycles. The topological polar surface area (TPSA) is 58.4 Å². The number of carbonyl (C=O) groups is 1. The van der Waals surface area contributed by atoms with Gasteiger partial charge in [0.1, 0.15) is 0 Å². The summed E-state index contributed by atoms with van der Waals surface area (Å²) in [4.78, 5) is 14.5. The molecule has 5 heteroatoms. The van der Waals surface area contributed by atoms with E-state index in [1.165, 1.54) is 5.56 Å². The quantitative estimate of drug-likeness (QED) is 0.923. The Morgan fingerprint density at radius 3 is 2.39 bits per heavy atom. The molecule has 2 unspecified atom stereocenters. The summed E-state index contributed by atoms with van der Waals surface area (Å²) < 4.78 is 1.89. The smallest absolute Gasteiger partial charge is 0.222 e. The number of fused-ring (bicyclic) bond motifs is 1. The molecular weight excluding hydrogens is 290 g/mol. The first kappa shape index (κ1) is 16.5. The zero-order valence-electron chi connectivity index (χ0n) is 14.7. The maximum absolute atomic E-state index is 12.6. The Balaban J connectivity index is 1.54. The van der Waals surface area contributed by atoms with Crippen LogP contribution in [0.4, 0.5) is 0 Å². The van der Waals surface area contributed by atoms with Crippen LogP contribution in [-0.2, 0) is 18.3 Å². The van der Waals surface area contributed by atoms with Crippen LogP contribution in [0.25, 0.3) is 0 Å². The number of aryl methyl sites for hydroxylation is 2. The molecule has 0 radical (unpaired) electrons. The largest absolute Gasteiger partial charge is 0.393 e. The molecule has 128 valence electrons. The maximum Gasteiger partial charge on any atom is 0.222 e. The lowest BCUT2D eigenvalue weighted by Crippen LogP contribution is -2.36. The molecule has 2 fully saturated rings. The fourth-order valence-corrected chi connectivity index (χ4v) is 4.66. The number of aromatic nitrogens is 2. The molecule has 1 aromatic rings. The highest BCUT2D eigenvalue weighted by molar-refractivity contribution is 5.76. The summed E-state index contributed by atoms with van der Waals surface area (Å²) >= 11 is 0. The van der Waals surface area contributed by atoms with Gasteiger partial charge in [-0.1, -0.05) is 0 Å². The van der Waals surface area contributed by atoms with Gasteiger partial charge in [0.05, 0.1) is 11.8 Å². The highest BCUT2D eigenvalue weighted by Crippen LogP contribution is 2.45. The number of aliphatic hydroxyl groups is 1. The molecule has 0 spiro atoms. The Labute approximate surface area is 138 Å². The average molecular weight is 319 g/mol. The van der Waals surface area contributed by atoms with E-state index in [1.54, 1.807) is 0 Å². The molecule has 0 bridgehead atoms. The van der Waals surface area contributed by atoms with Gasteiger partial charge in [-0.15, -0.1) is 0 Å². The van der Waals surface area contributed by atoms with Crippen molar-refractivity contribution in [1.29, 1.82) is 0 Å². The van der Waals surface area contributed by atoms with Gasteiger partial charge in [-0.2, -0.15) is 5.10 Å². The Hall–Kier alpha value is -1.36. The van der Waals surface area contributed by atoms with Crippen LogP contribution < -0.4 is 0 Å². The van der Waals surface area contributed by atoms with E-state index in [2.05, 4.69) is 12.0 Å². The third kappa shape index (κ3) is 3.16. The van der Waals surface area contributed by atoms with Gasteiger partial charge in [-0.3, -0.25) is 9.48 Å². The standard InChI is InChI=1S/C18H29N3O2/c1-11-17(12(2)21(4)19-11)5-6-18(23)20(3)15-7-13-9-16(22)10-14(13)8-15/h13-16,22H,5-10H2,1-4H3/t13-,14+,15?,16?. The summed E-state index contributed by atoms with van der Waals surface area (Å²) in [5, 5.41) is 14.2. The third-order valence-electron chi connectivity index (χ3n) is 6.15. The van der Waals surface area contributed by atoms with Crippen molar-refractivity contribution in [3.05, 3.63) is 17.0 Å². The second kappa shape index (κ2) is 6.27. The van der Waals surface area contributed by atoms with E-state index in [9.17, 15) is 9.90 Å². The minimum absolute atomic E-state index is 0.108. The average Bonchev–Trinajstić information content (AvgIpc) is 3.09. The van der Waals surface area contributed by atoms with Crippen LogP contribution in [0, 0.1) is 25.7 Å². The molecule has 1 amide bonds. The zero-order chi connectivity index (χ0) is 16.7. The van der Waals surface area contributed by atoms with Crippen molar-refractivity contribution >= 4 is 5.91 Å². The Morgan fingerprint density at radius 2 is 1.87 bits per heavy atom. The van der Waals surface area contributed by atoms with Crippen molar-refractivity contribution in [1.82, 2.24) is 14.7 Å². The first-order valence-electron chi connectivity index (χ1n) is 8.79. The Kier molecular flexibility index (Phi) is 4.50. The van der Waals surface area contributed by atoms with E-state index >= 15 is 0 Å². The molecule has 0 saturated heterocycles. The number of hydrogen-bond acceptors (Lipinski definition) is 3. The molecule has 2 aliphatic rings. The van der Waals surface area contributed by atoms with Crippen molar-refractivity contribution in [2.24, 2.45) is 18.9 Å². The second-order valence-corrected chi connectivity index (χ2v) is 7.55. The van der Waals surface area contributed by atoms with E-state index in [-0.39, 0.29) is 12.0 Å². The number of hydrogen-bond donors (Lipinski definition) is 1. The molecule has 1 heterocycles. The molecule has 1 N–H and O–H groups in total. The normalized spacial score (nSPS) is 29.8. The maximum atomic E-state index is 12.6. The molecule has 1 aromatic heterocycles. The lowest BCUT2D eigenvalue weighted by atomic mass is 10.0. The van der Waals surface area contributed by atoms with Gasteiger partial charge in [0.25, 0.3) is 0 Å². The molecule has 2 aliphatic carbocycles. The van der Waals surface area contributed by atoms with Crippen LogP contribution in [-0.4, -0.2) is 44.9 Å². The summed E-state index contributed by atoms with van der Waals surface area (Å²) in [5.74, 6) is 1.47. The fourth-order valence-electron chi connectivity index (χ4n) is 4.66. The van der Waals surface area contributed by atoms with E-state index in [1.807, 2.05) is 30.6 Å². The van der Waals surface area contributed by atoms with E-state index in [4.69, 9.17) is 0 Å². The lowest BCUT2D eigenvalue weighted by Gasteiger charge is -2.25. The summed E-state index contributed by atoms with van der Waals surface area (Å²) in [6.45, 7) is 4.08. The van der Waals surface area contributed by atoms with Gasteiger partial charge < -0.3 is 10.0 Å². The van der Waals surface area contributed by atoms with Crippen molar-refractivity contribution in [3.8, 4) is 0 Å². The molecule has 4 atom stereocenters. The molecule has 0 aliphatic heterocycles. The van der Waals surface area contributed by atoms with Gasteiger partial charge in [0.15, 0.2) is 0 Å². The van der Waals surface area contributed by atoms with E-state index in [0.717, 1.165) is 43.5 Å². The summed E-state index contributed by atoms with van der Waals surface area (Å²) in [6, 6.07) is 0.362. The van der Waals surface area contributed by atoms with Crippen LogP contribution in [0.3, 0.4) is 0 Å². The van der Waals surface area contributed by atoms with Gasteiger partial charge in [0, 0.05) is 32.3 Å². The first-order chi connectivity index (χ1) is 10.9. The van der Waals surface area contributed by atoms with Gasteiger partial charge in [0.2, 0.25) is 5.91 Å². The Bertz CT molecular complexity index is 581. The van der Waals surface area contributed by atoms with Gasteiger partial charge in [-0.25, -0.2) is 0 Å². The monoisotopic (exact) mass is 319 g/mol. The lowest BCUT2D eigenvalue weighted by molar-refractivity contribution is -0.131. The summed E-state index contributed by atoms with van der Waals surface area (Å²) in [5.41, 5.74) is 3.40. The van der Waals surface area contributed by atoms with Crippen LogP contribution in [0.5, 0.6) is 0 Å².